The Labute approximate surface area is 128 Å². The molecule has 1 aliphatic rings. The molecule has 1 aromatic rings. The van der Waals surface area contributed by atoms with E-state index in [1.54, 1.807) is 0 Å². The molecule has 5 heteroatoms. The lowest BCUT2D eigenvalue weighted by Gasteiger charge is -2.17. The van der Waals surface area contributed by atoms with Crippen LogP contribution in [0.1, 0.15) is 36.5 Å². The average molecular weight is 310 g/mol. The van der Waals surface area contributed by atoms with Crippen molar-refractivity contribution >= 4 is 17.5 Å². The average Bonchev–Trinajstić information content (AvgIpc) is 2.83. The molecule has 2 atom stereocenters. The highest BCUT2D eigenvalue weighted by atomic mass is 35.5. The number of hydrogen-bond acceptors (Lipinski definition) is 2. The normalized spacial score (nSPS) is 20.9. The first-order chi connectivity index (χ1) is 10.0. The molecule has 1 aliphatic carbocycles. The van der Waals surface area contributed by atoms with Gasteiger partial charge in [-0.15, -0.1) is 6.42 Å². The number of ether oxygens (including phenoxy) is 1. The minimum absolute atomic E-state index is 0.0369. The van der Waals surface area contributed by atoms with Gasteiger partial charge in [-0.1, -0.05) is 30.9 Å². The molecule has 1 aromatic carbocycles. The summed E-state index contributed by atoms with van der Waals surface area (Å²) in [5.41, 5.74) is 0.185. The van der Waals surface area contributed by atoms with Crippen LogP contribution in [-0.4, -0.2) is 18.6 Å². The number of halogens is 2. The SMILES string of the molecule is C#CCOc1c(F)cc(C(=O)NC2CCCC2C)cc1Cl. The molecule has 0 aliphatic heterocycles. The Bertz CT molecular complexity index is 559. The maximum absolute atomic E-state index is 13.9. The van der Waals surface area contributed by atoms with Crippen molar-refractivity contribution in [2.24, 2.45) is 5.92 Å². The van der Waals surface area contributed by atoms with Crippen molar-refractivity contribution in [3.63, 3.8) is 0 Å². The number of nitrogens with one attached hydrogen (secondary N) is 1. The molecule has 2 unspecified atom stereocenters. The van der Waals surface area contributed by atoms with E-state index in [1.165, 1.54) is 6.07 Å². The van der Waals surface area contributed by atoms with E-state index in [4.69, 9.17) is 22.8 Å². The fourth-order valence-electron chi connectivity index (χ4n) is 2.55. The van der Waals surface area contributed by atoms with Gasteiger partial charge in [0.1, 0.15) is 6.61 Å². The molecule has 3 nitrogen and oxygen atoms in total. The molecule has 1 amide bonds. The minimum Gasteiger partial charge on any atom is -0.476 e. The Morgan fingerprint density at radius 2 is 2.33 bits per heavy atom. The van der Waals surface area contributed by atoms with Crippen LogP contribution in [0.3, 0.4) is 0 Å². The van der Waals surface area contributed by atoms with Crippen LogP contribution in [-0.2, 0) is 0 Å². The van der Waals surface area contributed by atoms with Crippen LogP contribution in [0.4, 0.5) is 4.39 Å². The van der Waals surface area contributed by atoms with E-state index in [2.05, 4.69) is 18.2 Å². The Morgan fingerprint density at radius 1 is 1.57 bits per heavy atom. The number of carbonyl (C=O) groups excluding carboxylic acids is 1. The number of amides is 1. The van der Waals surface area contributed by atoms with Gasteiger partial charge in [-0.2, -0.15) is 0 Å². The Morgan fingerprint density at radius 3 is 2.90 bits per heavy atom. The molecule has 0 bridgehead atoms. The highest BCUT2D eigenvalue weighted by Gasteiger charge is 2.25. The summed E-state index contributed by atoms with van der Waals surface area (Å²) in [7, 11) is 0. The summed E-state index contributed by atoms with van der Waals surface area (Å²) >= 11 is 5.95. The first-order valence-corrected chi connectivity index (χ1v) is 7.27. The Balaban J connectivity index is 2.13. The summed E-state index contributed by atoms with van der Waals surface area (Å²) in [6.45, 7) is 2.02. The number of benzene rings is 1. The van der Waals surface area contributed by atoms with Crippen molar-refractivity contribution in [3.05, 3.63) is 28.5 Å². The Kier molecular flexibility index (Phi) is 5.08. The summed E-state index contributed by atoms with van der Waals surface area (Å²) in [4.78, 5) is 12.2. The monoisotopic (exact) mass is 309 g/mol. The number of terminal acetylenes is 1. The van der Waals surface area contributed by atoms with Crippen LogP contribution in [0.5, 0.6) is 5.75 Å². The van der Waals surface area contributed by atoms with Crippen molar-refractivity contribution in [3.8, 4) is 18.1 Å². The third-order valence-electron chi connectivity index (χ3n) is 3.74. The third-order valence-corrected chi connectivity index (χ3v) is 4.02. The summed E-state index contributed by atoms with van der Waals surface area (Å²) in [6.07, 6.45) is 8.20. The van der Waals surface area contributed by atoms with Crippen LogP contribution in [0, 0.1) is 24.1 Å². The van der Waals surface area contributed by atoms with Gasteiger partial charge in [0, 0.05) is 11.6 Å². The lowest BCUT2D eigenvalue weighted by molar-refractivity contribution is 0.0929. The Hall–Kier alpha value is -1.73. The second kappa shape index (κ2) is 6.82. The second-order valence-electron chi connectivity index (χ2n) is 5.25. The standard InChI is InChI=1S/C16H17ClFNO2/c1-3-7-21-15-12(17)8-11(9-13(15)18)16(20)19-14-6-4-5-10(14)2/h1,8-10,14H,4-7H2,2H3,(H,19,20). The zero-order chi connectivity index (χ0) is 15.4. The lowest BCUT2D eigenvalue weighted by Crippen LogP contribution is -2.36. The molecule has 0 radical (unpaired) electrons. The van der Waals surface area contributed by atoms with E-state index in [9.17, 15) is 9.18 Å². The van der Waals surface area contributed by atoms with Gasteiger partial charge in [-0.05, 0) is 30.9 Å². The molecule has 21 heavy (non-hydrogen) atoms. The van der Waals surface area contributed by atoms with Crippen LogP contribution < -0.4 is 10.1 Å². The molecule has 0 heterocycles. The molecular weight excluding hydrogens is 293 g/mol. The van der Waals surface area contributed by atoms with Crippen molar-refractivity contribution in [1.82, 2.24) is 5.32 Å². The number of carbonyl (C=O) groups is 1. The quantitative estimate of drug-likeness (QED) is 0.866. The van der Waals surface area contributed by atoms with Gasteiger partial charge in [-0.3, -0.25) is 4.79 Å². The van der Waals surface area contributed by atoms with Gasteiger partial charge in [0.05, 0.1) is 5.02 Å². The van der Waals surface area contributed by atoms with E-state index in [0.717, 1.165) is 25.3 Å². The maximum Gasteiger partial charge on any atom is 0.251 e. The van der Waals surface area contributed by atoms with Gasteiger partial charge in [0.25, 0.3) is 5.91 Å². The van der Waals surface area contributed by atoms with Crippen LogP contribution in [0.15, 0.2) is 12.1 Å². The van der Waals surface area contributed by atoms with Gasteiger partial charge in [-0.25, -0.2) is 4.39 Å². The van der Waals surface area contributed by atoms with Crippen molar-refractivity contribution in [2.45, 2.75) is 32.2 Å². The predicted molar refractivity (Wildman–Crippen MR) is 80.0 cm³/mol. The van der Waals surface area contributed by atoms with E-state index < -0.39 is 5.82 Å². The zero-order valence-corrected chi connectivity index (χ0v) is 12.5. The molecular formula is C16H17ClFNO2. The first kappa shape index (κ1) is 15.7. The minimum atomic E-state index is -0.692. The molecule has 1 saturated carbocycles. The zero-order valence-electron chi connectivity index (χ0n) is 11.8. The van der Waals surface area contributed by atoms with Gasteiger partial charge in [0.15, 0.2) is 11.6 Å². The summed E-state index contributed by atoms with van der Waals surface area (Å²) in [6, 6.07) is 2.65. The predicted octanol–water partition coefficient (Wildman–Crippen LogP) is 3.41. The van der Waals surface area contributed by atoms with Crippen molar-refractivity contribution in [2.75, 3.05) is 6.61 Å². The smallest absolute Gasteiger partial charge is 0.251 e. The largest absolute Gasteiger partial charge is 0.476 e. The first-order valence-electron chi connectivity index (χ1n) is 6.89. The van der Waals surface area contributed by atoms with Crippen LogP contribution >= 0.6 is 11.6 Å². The molecule has 0 spiro atoms. The third kappa shape index (κ3) is 3.68. The van der Waals surface area contributed by atoms with Crippen LogP contribution in [0.25, 0.3) is 0 Å². The second-order valence-corrected chi connectivity index (χ2v) is 5.66. The lowest BCUT2D eigenvalue weighted by atomic mass is 10.1. The summed E-state index contributed by atoms with van der Waals surface area (Å²) in [5.74, 6) is 1.53. The fraction of sp³-hybridized carbons (Fsp3) is 0.438. The van der Waals surface area contributed by atoms with Crippen molar-refractivity contribution < 1.29 is 13.9 Å². The molecule has 2 rings (SSSR count). The van der Waals surface area contributed by atoms with Gasteiger partial charge in [0.2, 0.25) is 0 Å². The highest BCUT2D eigenvalue weighted by Crippen LogP contribution is 2.30. The molecule has 1 fully saturated rings. The van der Waals surface area contributed by atoms with Gasteiger partial charge < -0.3 is 10.1 Å². The van der Waals surface area contributed by atoms with E-state index in [-0.39, 0.29) is 34.9 Å². The summed E-state index contributed by atoms with van der Waals surface area (Å²) < 4.78 is 19.0. The van der Waals surface area contributed by atoms with Crippen molar-refractivity contribution in [1.29, 1.82) is 0 Å². The van der Waals surface area contributed by atoms with E-state index in [1.807, 2.05) is 0 Å². The van der Waals surface area contributed by atoms with E-state index >= 15 is 0 Å². The highest BCUT2D eigenvalue weighted by molar-refractivity contribution is 6.32. The number of rotatable bonds is 4. The number of hydrogen-bond donors (Lipinski definition) is 1. The molecule has 0 aromatic heterocycles. The van der Waals surface area contributed by atoms with E-state index in [0.29, 0.717) is 5.92 Å². The van der Waals surface area contributed by atoms with Gasteiger partial charge >= 0.3 is 0 Å². The molecule has 1 N–H and O–H groups in total. The molecule has 112 valence electrons. The summed E-state index contributed by atoms with van der Waals surface area (Å²) in [5, 5.41) is 2.96. The molecule has 0 saturated heterocycles. The maximum atomic E-state index is 13.9. The fourth-order valence-corrected chi connectivity index (χ4v) is 2.82. The topological polar surface area (TPSA) is 38.3 Å². The van der Waals surface area contributed by atoms with Crippen LogP contribution in [0.2, 0.25) is 5.02 Å².